The average Bonchev–Trinajstić information content (AvgIpc) is 2.48. The van der Waals surface area contributed by atoms with Gasteiger partial charge in [0.1, 0.15) is 6.61 Å². The summed E-state index contributed by atoms with van der Waals surface area (Å²) in [6, 6.07) is 3.56. The smallest absolute Gasteiger partial charge is 0.191 e. The van der Waals surface area contributed by atoms with Crippen LogP contribution < -0.4 is 0 Å². The average molecular weight is 199 g/mol. The van der Waals surface area contributed by atoms with Crippen LogP contribution in [-0.2, 0) is 11.3 Å². The van der Waals surface area contributed by atoms with E-state index in [0.717, 1.165) is 5.03 Å². The molecule has 0 aromatic carbocycles. The Morgan fingerprint density at radius 3 is 3.08 bits per heavy atom. The third-order valence-electron chi connectivity index (χ3n) is 1.68. The van der Waals surface area contributed by atoms with Crippen molar-refractivity contribution in [2.75, 3.05) is 12.9 Å². The Kier molecular flexibility index (Phi) is 3.76. The van der Waals surface area contributed by atoms with E-state index in [1.807, 2.05) is 12.3 Å². The summed E-state index contributed by atoms with van der Waals surface area (Å²) in [5.74, 6) is 0.275. The van der Waals surface area contributed by atoms with Crippen LogP contribution >= 0.6 is 11.8 Å². The molecule has 4 heteroatoms. The van der Waals surface area contributed by atoms with Crippen LogP contribution in [0.25, 0.3) is 0 Å². The number of rotatable bonds is 5. The SMILES string of the molecule is C=COCCn1c(O)ccc1SC. The second kappa shape index (κ2) is 4.87. The first-order valence-electron chi connectivity index (χ1n) is 3.94. The summed E-state index contributed by atoms with van der Waals surface area (Å²) in [5.41, 5.74) is 0. The van der Waals surface area contributed by atoms with Gasteiger partial charge >= 0.3 is 0 Å². The molecule has 1 aromatic heterocycles. The van der Waals surface area contributed by atoms with Gasteiger partial charge in [0.05, 0.1) is 17.8 Å². The molecule has 0 aliphatic carbocycles. The lowest BCUT2D eigenvalue weighted by Crippen LogP contribution is -2.03. The predicted molar refractivity (Wildman–Crippen MR) is 54.0 cm³/mol. The third kappa shape index (κ3) is 2.45. The van der Waals surface area contributed by atoms with Crippen LogP contribution in [0.2, 0.25) is 0 Å². The Balaban J connectivity index is 2.62. The van der Waals surface area contributed by atoms with E-state index in [1.54, 1.807) is 22.4 Å². The Hall–Kier alpha value is -1.03. The fourth-order valence-electron chi connectivity index (χ4n) is 1.07. The Morgan fingerprint density at radius 1 is 1.69 bits per heavy atom. The number of hydrogen-bond acceptors (Lipinski definition) is 3. The van der Waals surface area contributed by atoms with Gasteiger partial charge < -0.3 is 14.4 Å². The summed E-state index contributed by atoms with van der Waals surface area (Å²) < 4.78 is 6.78. The van der Waals surface area contributed by atoms with Gasteiger partial charge in [-0.25, -0.2) is 0 Å². The lowest BCUT2D eigenvalue weighted by Gasteiger charge is -2.07. The zero-order chi connectivity index (χ0) is 9.68. The van der Waals surface area contributed by atoms with Crippen molar-refractivity contribution < 1.29 is 9.84 Å². The molecular weight excluding hydrogens is 186 g/mol. The molecule has 1 rings (SSSR count). The Morgan fingerprint density at radius 2 is 2.46 bits per heavy atom. The van der Waals surface area contributed by atoms with Gasteiger partial charge in [0, 0.05) is 6.07 Å². The highest BCUT2D eigenvalue weighted by Crippen LogP contribution is 2.22. The van der Waals surface area contributed by atoms with E-state index in [1.165, 1.54) is 6.26 Å². The zero-order valence-electron chi connectivity index (χ0n) is 7.56. The molecule has 0 fully saturated rings. The van der Waals surface area contributed by atoms with E-state index >= 15 is 0 Å². The zero-order valence-corrected chi connectivity index (χ0v) is 8.38. The Bertz CT molecular complexity index is 283. The fraction of sp³-hybridized carbons (Fsp3) is 0.333. The van der Waals surface area contributed by atoms with E-state index in [9.17, 15) is 5.11 Å². The maximum atomic E-state index is 9.43. The molecule has 0 atom stereocenters. The molecule has 0 aliphatic rings. The summed E-state index contributed by atoms with van der Waals surface area (Å²) in [6.45, 7) is 4.61. The minimum atomic E-state index is 0.275. The molecule has 0 radical (unpaired) electrons. The highest BCUT2D eigenvalue weighted by molar-refractivity contribution is 7.98. The van der Waals surface area contributed by atoms with Crippen LogP contribution in [0.4, 0.5) is 0 Å². The monoisotopic (exact) mass is 199 g/mol. The van der Waals surface area contributed by atoms with E-state index in [4.69, 9.17) is 4.74 Å². The molecule has 1 heterocycles. The van der Waals surface area contributed by atoms with Gasteiger partial charge in [-0.05, 0) is 12.3 Å². The predicted octanol–water partition coefficient (Wildman–Crippen LogP) is 2.08. The van der Waals surface area contributed by atoms with Gasteiger partial charge in [0.25, 0.3) is 0 Å². The largest absolute Gasteiger partial charge is 0.500 e. The van der Waals surface area contributed by atoms with Crippen LogP contribution in [0.5, 0.6) is 5.88 Å². The van der Waals surface area contributed by atoms with E-state index in [-0.39, 0.29) is 5.88 Å². The maximum Gasteiger partial charge on any atom is 0.191 e. The molecule has 72 valence electrons. The first-order chi connectivity index (χ1) is 6.29. The number of hydrogen-bond donors (Lipinski definition) is 1. The van der Waals surface area contributed by atoms with E-state index < -0.39 is 0 Å². The van der Waals surface area contributed by atoms with E-state index in [2.05, 4.69) is 6.58 Å². The minimum Gasteiger partial charge on any atom is -0.500 e. The molecular formula is C9H13NO2S. The molecule has 0 amide bonds. The number of thioether (sulfide) groups is 1. The van der Waals surface area contributed by atoms with Crippen molar-refractivity contribution in [2.45, 2.75) is 11.6 Å². The van der Waals surface area contributed by atoms with Gasteiger partial charge in [0.15, 0.2) is 5.88 Å². The lowest BCUT2D eigenvalue weighted by molar-refractivity contribution is 0.227. The normalized spacial score (nSPS) is 9.92. The number of nitrogens with zero attached hydrogens (tertiary/aromatic N) is 1. The van der Waals surface area contributed by atoms with Crippen molar-refractivity contribution in [3.63, 3.8) is 0 Å². The summed E-state index contributed by atoms with van der Waals surface area (Å²) >= 11 is 1.60. The molecule has 1 N–H and O–H groups in total. The molecule has 0 saturated carbocycles. The van der Waals surface area contributed by atoms with Crippen LogP contribution in [0.3, 0.4) is 0 Å². The standard InChI is InChI=1S/C9H13NO2S/c1-3-12-7-6-10-8(11)4-5-9(10)13-2/h3-5,11H,1,6-7H2,2H3. The van der Waals surface area contributed by atoms with Crippen molar-refractivity contribution in [1.82, 2.24) is 4.57 Å². The van der Waals surface area contributed by atoms with Crippen LogP contribution in [-0.4, -0.2) is 22.5 Å². The van der Waals surface area contributed by atoms with Crippen molar-refractivity contribution in [3.05, 3.63) is 25.0 Å². The molecule has 1 aromatic rings. The van der Waals surface area contributed by atoms with Gasteiger partial charge in [-0.1, -0.05) is 6.58 Å². The number of aromatic nitrogens is 1. The first-order valence-corrected chi connectivity index (χ1v) is 5.17. The number of ether oxygens (including phenoxy) is 1. The summed E-state index contributed by atoms with van der Waals surface area (Å²) in [6.07, 6.45) is 3.37. The Labute approximate surface area is 82.0 Å². The topological polar surface area (TPSA) is 34.4 Å². The minimum absolute atomic E-state index is 0.275. The maximum absolute atomic E-state index is 9.43. The molecule has 0 saturated heterocycles. The molecule has 0 unspecified atom stereocenters. The second-order valence-electron chi connectivity index (χ2n) is 2.42. The highest BCUT2D eigenvalue weighted by Gasteiger charge is 2.04. The van der Waals surface area contributed by atoms with Gasteiger partial charge in [0.2, 0.25) is 0 Å². The van der Waals surface area contributed by atoms with Gasteiger partial charge in [-0.3, -0.25) is 0 Å². The molecule has 0 spiro atoms. The number of aromatic hydroxyl groups is 1. The quantitative estimate of drug-likeness (QED) is 0.448. The fourth-order valence-corrected chi connectivity index (χ4v) is 1.68. The summed E-state index contributed by atoms with van der Waals surface area (Å²) in [4.78, 5) is 0. The first kappa shape index (κ1) is 10.1. The van der Waals surface area contributed by atoms with Crippen LogP contribution in [0.1, 0.15) is 0 Å². The third-order valence-corrected chi connectivity index (χ3v) is 2.45. The lowest BCUT2D eigenvalue weighted by atomic mass is 10.6. The van der Waals surface area contributed by atoms with Gasteiger partial charge in [-0.2, -0.15) is 0 Å². The van der Waals surface area contributed by atoms with Crippen molar-refractivity contribution in [2.24, 2.45) is 0 Å². The summed E-state index contributed by atoms with van der Waals surface area (Å²) in [5, 5.41) is 10.5. The van der Waals surface area contributed by atoms with Crippen molar-refractivity contribution in [1.29, 1.82) is 0 Å². The second-order valence-corrected chi connectivity index (χ2v) is 3.25. The van der Waals surface area contributed by atoms with Crippen molar-refractivity contribution in [3.8, 4) is 5.88 Å². The molecule has 13 heavy (non-hydrogen) atoms. The highest BCUT2D eigenvalue weighted by atomic mass is 32.2. The molecule has 0 bridgehead atoms. The molecule has 0 aliphatic heterocycles. The van der Waals surface area contributed by atoms with Crippen molar-refractivity contribution >= 4 is 11.8 Å². The summed E-state index contributed by atoms with van der Waals surface area (Å²) in [7, 11) is 0. The van der Waals surface area contributed by atoms with Gasteiger partial charge in [-0.15, -0.1) is 11.8 Å². The van der Waals surface area contributed by atoms with Crippen LogP contribution in [0.15, 0.2) is 30.0 Å². The molecule has 3 nitrogen and oxygen atoms in total. The van der Waals surface area contributed by atoms with Crippen LogP contribution in [0, 0.1) is 0 Å². The van der Waals surface area contributed by atoms with E-state index in [0.29, 0.717) is 13.2 Å².